The quantitative estimate of drug-likeness (QED) is 0.706. The monoisotopic (exact) mass is 194 g/mol. The zero-order valence-electron chi connectivity index (χ0n) is 8.28. The second kappa shape index (κ2) is 4.11. The molecule has 0 bridgehead atoms. The molecule has 0 aliphatic heterocycles. The highest BCUT2D eigenvalue weighted by Crippen LogP contribution is 2.26. The molecule has 0 fully saturated rings. The van der Waals surface area contributed by atoms with Crippen molar-refractivity contribution in [3.05, 3.63) is 29.3 Å². The van der Waals surface area contributed by atoms with Crippen LogP contribution in [0.3, 0.4) is 0 Å². The maximum absolute atomic E-state index is 11.1. The molecule has 0 radical (unpaired) electrons. The first-order valence-corrected chi connectivity index (χ1v) is 4.29. The van der Waals surface area contributed by atoms with Crippen molar-refractivity contribution < 1.29 is 9.53 Å². The lowest BCUT2D eigenvalue weighted by Gasteiger charge is -2.15. The van der Waals surface area contributed by atoms with E-state index < -0.39 is 5.91 Å². The second-order valence-electron chi connectivity index (χ2n) is 3.05. The molecule has 0 aliphatic rings. The van der Waals surface area contributed by atoms with E-state index in [1.54, 1.807) is 25.3 Å². The number of carbonyl (C=O) groups is 1. The molecule has 1 aromatic carbocycles. The smallest absolute Gasteiger partial charge is 0.249 e. The number of nitrogens with two attached hydrogens (primary N) is 2. The molecule has 4 N–H and O–H groups in total. The van der Waals surface area contributed by atoms with Gasteiger partial charge in [0.25, 0.3) is 0 Å². The van der Waals surface area contributed by atoms with Gasteiger partial charge in [-0.25, -0.2) is 0 Å². The molecule has 4 nitrogen and oxygen atoms in total. The Balaban J connectivity index is 3.29. The predicted octanol–water partition coefficient (Wildman–Crippen LogP) is 1.08. The average Bonchev–Trinajstić information content (AvgIpc) is 2.16. The van der Waals surface area contributed by atoms with Crippen LogP contribution in [0.25, 0.3) is 0 Å². The van der Waals surface area contributed by atoms with Crippen LogP contribution in [0.4, 0.5) is 5.69 Å². The van der Waals surface area contributed by atoms with Crippen LogP contribution >= 0.6 is 0 Å². The summed E-state index contributed by atoms with van der Waals surface area (Å²) in [5.74, 6) is -0.490. The summed E-state index contributed by atoms with van der Waals surface area (Å²) in [7, 11) is 1.56. The fraction of sp³-hybridized carbons (Fsp3) is 0.300. The number of amides is 1. The highest BCUT2D eigenvalue weighted by molar-refractivity contribution is 5.95. The molecule has 4 heteroatoms. The molecule has 1 atom stereocenters. The van der Waals surface area contributed by atoms with Crippen molar-refractivity contribution in [2.75, 3.05) is 12.8 Å². The van der Waals surface area contributed by atoms with E-state index in [4.69, 9.17) is 16.2 Å². The van der Waals surface area contributed by atoms with Gasteiger partial charge in [-0.1, -0.05) is 6.07 Å². The fourth-order valence-corrected chi connectivity index (χ4v) is 1.37. The highest BCUT2D eigenvalue weighted by Gasteiger charge is 2.16. The number of rotatable bonds is 3. The number of hydrogen-bond acceptors (Lipinski definition) is 3. The molecule has 0 aromatic heterocycles. The number of carbonyl (C=O) groups excluding carboxylic acids is 1. The number of hydrogen-bond donors (Lipinski definition) is 2. The van der Waals surface area contributed by atoms with E-state index in [1.807, 2.05) is 6.92 Å². The molecule has 14 heavy (non-hydrogen) atoms. The van der Waals surface area contributed by atoms with Crippen LogP contribution in [0.15, 0.2) is 18.2 Å². The van der Waals surface area contributed by atoms with Gasteiger partial charge in [-0.05, 0) is 19.1 Å². The molecule has 0 aliphatic carbocycles. The minimum atomic E-state index is -0.490. The first-order chi connectivity index (χ1) is 6.57. The van der Waals surface area contributed by atoms with Crippen LogP contribution in [-0.2, 0) is 4.74 Å². The first kappa shape index (κ1) is 10.5. The number of benzene rings is 1. The lowest BCUT2D eigenvalue weighted by atomic mass is 10.0. The first-order valence-electron chi connectivity index (χ1n) is 4.29. The van der Waals surface area contributed by atoms with E-state index in [0.717, 1.165) is 0 Å². The topological polar surface area (TPSA) is 78.3 Å². The van der Waals surface area contributed by atoms with Gasteiger partial charge in [0, 0.05) is 23.9 Å². The summed E-state index contributed by atoms with van der Waals surface area (Å²) in [6.07, 6.45) is -0.237. The molecule has 0 saturated heterocycles. The molecule has 1 aromatic rings. The number of nitrogen functional groups attached to an aromatic ring is 1. The Bertz CT molecular complexity index is 350. The standard InChI is InChI=1S/C10H14N2O2/c1-6(14-2)9-7(10(12)13)4-3-5-8(9)11/h3-6H,11H2,1-2H3,(H2,12,13). The van der Waals surface area contributed by atoms with E-state index in [1.165, 1.54) is 0 Å². The Morgan fingerprint density at radius 1 is 1.50 bits per heavy atom. The zero-order chi connectivity index (χ0) is 10.7. The van der Waals surface area contributed by atoms with Gasteiger partial charge in [-0.15, -0.1) is 0 Å². The summed E-state index contributed by atoms with van der Waals surface area (Å²) in [6.45, 7) is 1.82. The Kier molecular flexibility index (Phi) is 3.09. The van der Waals surface area contributed by atoms with Gasteiger partial charge in [0.1, 0.15) is 0 Å². The third-order valence-corrected chi connectivity index (χ3v) is 2.17. The molecular weight excluding hydrogens is 180 g/mol. The van der Waals surface area contributed by atoms with Crippen LogP contribution in [0.1, 0.15) is 28.9 Å². The third-order valence-electron chi connectivity index (χ3n) is 2.17. The van der Waals surface area contributed by atoms with E-state index in [-0.39, 0.29) is 6.10 Å². The minimum Gasteiger partial charge on any atom is -0.398 e. The number of methoxy groups -OCH3 is 1. The largest absolute Gasteiger partial charge is 0.398 e. The lowest BCUT2D eigenvalue weighted by molar-refractivity contribution is 0.0978. The molecule has 1 unspecified atom stereocenters. The molecular formula is C10H14N2O2. The summed E-state index contributed by atoms with van der Waals surface area (Å²) in [5.41, 5.74) is 12.6. The molecule has 1 amide bonds. The van der Waals surface area contributed by atoms with Crippen molar-refractivity contribution in [3.63, 3.8) is 0 Å². The molecule has 0 saturated carbocycles. The van der Waals surface area contributed by atoms with Crippen molar-refractivity contribution in [1.29, 1.82) is 0 Å². The molecule has 76 valence electrons. The number of primary amides is 1. The Morgan fingerprint density at radius 3 is 2.64 bits per heavy atom. The maximum Gasteiger partial charge on any atom is 0.249 e. The average molecular weight is 194 g/mol. The predicted molar refractivity (Wildman–Crippen MR) is 54.8 cm³/mol. The minimum absolute atomic E-state index is 0.237. The molecule has 0 spiro atoms. The lowest BCUT2D eigenvalue weighted by Crippen LogP contribution is -2.16. The van der Waals surface area contributed by atoms with Gasteiger partial charge in [0.2, 0.25) is 5.91 Å². The van der Waals surface area contributed by atoms with Gasteiger partial charge >= 0.3 is 0 Å². The highest BCUT2D eigenvalue weighted by atomic mass is 16.5. The third kappa shape index (κ3) is 1.85. The van der Waals surface area contributed by atoms with E-state index >= 15 is 0 Å². The van der Waals surface area contributed by atoms with Crippen molar-refractivity contribution >= 4 is 11.6 Å². The van der Waals surface area contributed by atoms with Crippen LogP contribution in [0.2, 0.25) is 0 Å². The number of anilines is 1. The Morgan fingerprint density at radius 2 is 2.14 bits per heavy atom. The van der Waals surface area contributed by atoms with E-state index in [0.29, 0.717) is 16.8 Å². The molecule has 1 rings (SSSR count). The normalized spacial score (nSPS) is 12.4. The van der Waals surface area contributed by atoms with Crippen molar-refractivity contribution in [2.45, 2.75) is 13.0 Å². The van der Waals surface area contributed by atoms with Gasteiger partial charge < -0.3 is 16.2 Å². The summed E-state index contributed by atoms with van der Waals surface area (Å²) >= 11 is 0. The van der Waals surface area contributed by atoms with Crippen LogP contribution < -0.4 is 11.5 Å². The summed E-state index contributed by atoms with van der Waals surface area (Å²) in [6, 6.07) is 5.06. The van der Waals surface area contributed by atoms with Crippen LogP contribution in [0.5, 0.6) is 0 Å². The van der Waals surface area contributed by atoms with Gasteiger partial charge in [0.15, 0.2) is 0 Å². The molecule has 0 heterocycles. The fourth-order valence-electron chi connectivity index (χ4n) is 1.37. The van der Waals surface area contributed by atoms with Crippen LogP contribution in [-0.4, -0.2) is 13.0 Å². The summed E-state index contributed by atoms with van der Waals surface area (Å²) in [5, 5.41) is 0. The summed E-state index contributed by atoms with van der Waals surface area (Å²) < 4.78 is 5.12. The van der Waals surface area contributed by atoms with E-state index in [9.17, 15) is 4.79 Å². The zero-order valence-corrected chi connectivity index (χ0v) is 8.28. The van der Waals surface area contributed by atoms with Crippen LogP contribution in [0, 0.1) is 0 Å². The van der Waals surface area contributed by atoms with Crippen molar-refractivity contribution in [3.8, 4) is 0 Å². The maximum atomic E-state index is 11.1. The number of ether oxygens (including phenoxy) is 1. The van der Waals surface area contributed by atoms with E-state index in [2.05, 4.69) is 0 Å². The van der Waals surface area contributed by atoms with Gasteiger partial charge in [-0.2, -0.15) is 0 Å². The Hall–Kier alpha value is -1.55. The van der Waals surface area contributed by atoms with Crippen molar-refractivity contribution in [1.82, 2.24) is 0 Å². The SMILES string of the molecule is COC(C)c1c(N)cccc1C(N)=O. The van der Waals surface area contributed by atoms with Gasteiger partial charge in [0.05, 0.1) is 6.10 Å². The van der Waals surface area contributed by atoms with Crippen molar-refractivity contribution in [2.24, 2.45) is 5.73 Å². The van der Waals surface area contributed by atoms with Gasteiger partial charge in [-0.3, -0.25) is 4.79 Å². The Labute approximate surface area is 82.8 Å². The second-order valence-corrected chi connectivity index (χ2v) is 3.05. The summed E-state index contributed by atoms with van der Waals surface area (Å²) in [4.78, 5) is 11.1.